The molecule has 128 valence electrons. The average Bonchev–Trinajstić information content (AvgIpc) is 2.96. The van der Waals surface area contributed by atoms with Crippen molar-refractivity contribution in [2.45, 2.75) is 25.6 Å². The molecule has 0 saturated carbocycles. The molecule has 0 saturated heterocycles. The molecule has 1 amide bonds. The first-order chi connectivity index (χ1) is 11.3. The molecule has 1 N–H and O–H groups in total. The summed E-state index contributed by atoms with van der Waals surface area (Å²) in [4.78, 5) is 19.5. The molecule has 3 rings (SSSR count). The predicted molar refractivity (Wildman–Crippen MR) is 80.6 cm³/mol. The first kappa shape index (κ1) is 16.8. The number of amides is 1. The number of hydrogen-bond donors (Lipinski definition) is 1. The van der Waals surface area contributed by atoms with E-state index in [-0.39, 0.29) is 16.8 Å². The lowest BCUT2D eigenvalue weighted by Gasteiger charge is -2.23. The van der Waals surface area contributed by atoms with Crippen LogP contribution in [-0.2, 0) is 19.1 Å². The molecule has 2 aromatic heterocycles. The Kier molecular flexibility index (Phi) is 4.49. The van der Waals surface area contributed by atoms with E-state index in [2.05, 4.69) is 15.3 Å². The molecule has 1 unspecified atom stereocenters. The van der Waals surface area contributed by atoms with Gasteiger partial charge in [-0.1, -0.05) is 11.6 Å². The van der Waals surface area contributed by atoms with Gasteiger partial charge in [-0.05, 0) is 18.4 Å². The maximum atomic E-state index is 12.7. The second kappa shape index (κ2) is 6.43. The van der Waals surface area contributed by atoms with Crippen LogP contribution in [0.1, 0.15) is 28.3 Å². The van der Waals surface area contributed by atoms with Gasteiger partial charge in [0, 0.05) is 38.1 Å². The van der Waals surface area contributed by atoms with Gasteiger partial charge in [-0.15, -0.1) is 0 Å². The van der Waals surface area contributed by atoms with Crippen LogP contribution in [0.4, 0.5) is 13.2 Å². The van der Waals surface area contributed by atoms with Crippen LogP contribution in [0.25, 0.3) is 0 Å². The van der Waals surface area contributed by atoms with Crippen LogP contribution in [0.5, 0.6) is 0 Å². The molecule has 3 heterocycles. The van der Waals surface area contributed by atoms with Gasteiger partial charge in [0.1, 0.15) is 5.82 Å². The molecule has 0 radical (unpaired) electrons. The summed E-state index contributed by atoms with van der Waals surface area (Å²) in [6.45, 7) is 0.749. The molecule has 0 spiro atoms. The SMILES string of the molecule is O=C(NCC1CCc2nc(C(F)(F)F)cn2C1)c1ccncc1Cl. The Balaban J connectivity index is 1.61. The molecule has 0 aliphatic carbocycles. The summed E-state index contributed by atoms with van der Waals surface area (Å²) >= 11 is 5.91. The second-order valence-corrected chi connectivity index (χ2v) is 6.07. The van der Waals surface area contributed by atoms with Crippen LogP contribution in [0, 0.1) is 5.92 Å². The van der Waals surface area contributed by atoms with Gasteiger partial charge in [0.15, 0.2) is 5.69 Å². The van der Waals surface area contributed by atoms with Crippen LogP contribution < -0.4 is 5.32 Å². The third-order valence-corrected chi connectivity index (χ3v) is 4.25. The van der Waals surface area contributed by atoms with E-state index in [9.17, 15) is 18.0 Å². The maximum Gasteiger partial charge on any atom is 0.434 e. The zero-order valence-electron chi connectivity index (χ0n) is 12.5. The van der Waals surface area contributed by atoms with Crippen LogP contribution in [0.2, 0.25) is 5.02 Å². The smallest absolute Gasteiger partial charge is 0.352 e. The number of halogens is 4. The zero-order valence-corrected chi connectivity index (χ0v) is 13.2. The Morgan fingerprint density at radius 3 is 2.96 bits per heavy atom. The number of hydrogen-bond acceptors (Lipinski definition) is 3. The van der Waals surface area contributed by atoms with E-state index in [4.69, 9.17) is 11.6 Å². The standard InChI is InChI=1S/C15H14ClF3N4O/c16-11-6-20-4-3-10(11)14(24)21-5-9-1-2-13-22-12(15(17,18)19)8-23(13)7-9/h3-4,6,8-9H,1-2,5,7H2,(H,21,24). The number of aromatic nitrogens is 3. The van der Waals surface area contributed by atoms with Crippen LogP contribution in [-0.4, -0.2) is 27.0 Å². The average molecular weight is 359 g/mol. The van der Waals surface area contributed by atoms with E-state index in [1.54, 1.807) is 0 Å². The maximum absolute atomic E-state index is 12.7. The third kappa shape index (κ3) is 3.53. The molecule has 0 aromatic carbocycles. The van der Waals surface area contributed by atoms with Gasteiger partial charge >= 0.3 is 6.18 Å². The Bertz CT molecular complexity index is 759. The lowest BCUT2D eigenvalue weighted by atomic mass is 9.99. The molecule has 1 atom stereocenters. The van der Waals surface area contributed by atoms with Crippen molar-refractivity contribution in [1.82, 2.24) is 19.9 Å². The molecule has 5 nitrogen and oxygen atoms in total. The predicted octanol–water partition coefficient (Wildman–Crippen LogP) is 2.94. The summed E-state index contributed by atoms with van der Waals surface area (Å²) in [7, 11) is 0. The number of pyridine rings is 1. The normalized spacial score (nSPS) is 17.4. The number of rotatable bonds is 3. The summed E-state index contributed by atoms with van der Waals surface area (Å²) in [6, 6.07) is 1.52. The van der Waals surface area contributed by atoms with Crippen LogP contribution in [0.15, 0.2) is 24.7 Å². The monoisotopic (exact) mass is 358 g/mol. The van der Waals surface area contributed by atoms with E-state index < -0.39 is 11.9 Å². The second-order valence-electron chi connectivity index (χ2n) is 5.66. The highest BCUT2D eigenvalue weighted by Crippen LogP contribution is 2.30. The molecule has 24 heavy (non-hydrogen) atoms. The van der Waals surface area contributed by atoms with Crippen molar-refractivity contribution in [2.24, 2.45) is 5.92 Å². The van der Waals surface area contributed by atoms with Crippen molar-refractivity contribution in [2.75, 3.05) is 6.54 Å². The summed E-state index contributed by atoms with van der Waals surface area (Å²) in [5.41, 5.74) is -0.545. The van der Waals surface area contributed by atoms with E-state index in [0.29, 0.717) is 37.3 Å². The molecule has 0 fully saturated rings. The first-order valence-electron chi connectivity index (χ1n) is 7.35. The number of carbonyl (C=O) groups excluding carboxylic acids is 1. The number of fused-ring (bicyclic) bond motifs is 1. The van der Waals surface area contributed by atoms with Crippen LogP contribution in [0.3, 0.4) is 0 Å². The highest BCUT2D eigenvalue weighted by molar-refractivity contribution is 6.33. The summed E-state index contributed by atoms with van der Waals surface area (Å²) in [5, 5.41) is 3.03. The van der Waals surface area contributed by atoms with E-state index in [1.807, 2.05) is 0 Å². The molecule has 9 heteroatoms. The molecule has 1 aliphatic heterocycles. The molecular weight excluding hydrogens is 345 g/mol. The minimum absolute atomic E-state index is 0.0392. The molecule has 0 bridgehead atoms. The number of nitrogens with zero attached hydrogens (tertiary/aromatic N) is 3. The zero-order chi connectivity index (χ0) is 17.3. The van der Waals surface area contributed by atoms with Crippen molar-refractivity contribution >= 4 is 17.5 Å². The van der Waals surface area contributed by atoms with Gasteiger partial charge < -0.3 is 9.88 Å². The Morgan fingerprint density at radius 1 is 1.46 bits per heavy atom. The number of aryl methyl sites for hydroxylation is 1. The van der Waals surface area contributed by atoms with Gasteiger partial charge in [0.25, 0.3) is 5.91 Å². The van der Waals surface area contributed by atoms with E-state index in [0.717, 1.165) is 6.20 Å². The molecule has 2 aromatic rings. The summed E-state index contributed by atoms with van der Waals surface area (Å²) < 4.78 is 39.6. The van der Waals surface area contributed by atoms with Gasteiger partial charge in [-0.2, -0.15) is 13.2 Å². The van der Waals surface area contributed by atoms with Crippen molar-refractivity contribution < 1.29 is 18.0 Å². The van der Waals surface area contributed by atoms with Gasteiger partial charge in [0.05, 0.1) is 10.6 Å². The van der Waals surface area contributed by atoms with Crippen molar-refractivity contribution in [3.63, 3.8) is 0 Å². The third-order valence-electron chi connectivity index (χ3n) is 3.95. The van der Waals surface area contributed by atoms with Crippen molar-refractivity contribution in [3.05, 3.63) is 46.8 Å². The van der Waals surface area contributed by atoms with Crippen LogP contribution >= 0.6 is 11.6 Å². The number of nitrogens with one attached hydrogen (secondary N) is 1. The number of carbonyl (C=O) groups is 1. The van der Waals surface area contributed by atoms with Crippen molar-refractivity contribution in [3.8, 4) is 0 Å². The Morgan fingerprint density at radius 2 is 2.25 bits per heavy atom. The molecular formula is C15H14ClF3N4O. The highest BCUT2D eigenvalue weighted by atomic mass is 35.5. The largest absolute Gasteiger partial charge is 0.434 e. The molecule has 1 aliphatic rings. The van der Waals surface area contributed by atoms with Crippen molar-refractivity contribution in [1.29, 1.82) is 0 Å². The Hall–Kier alpha value is -2.09. The van der Waals surface area contributed by atoms with E-state index >= 15 is 0 Å². The lowest BCUT2D eigenvalue weighted by Crippen LogP contribution is -2.33. The summed E-state index contributed by atoms with van der Waals surface area (Å²) in [5.74, 6) is 0.147. The van der Waals surface area contributed by atoms with Gasteiger partial charge in [0.2, 0.25) is 0 Å². The van der Waals surface area contributed by atoms with Gasteiger partial charge in [-0.3, -0.25) is 9.78 Å². The fourth-order valence-electron chi connectivity index (χ4n) is 2.71. The highest BCUT2D eigenvalue weighted by Gasteiger charge is 2.35. The lowest BCUT2D eigenvalue weighted by molar-refractivity contribution is -0.141. The first-order valence-corrected chi connectivity index (χ1v) is 7.73. The quantitative estimate of drug-likeness (QED) is 0.917. The Labute approximate surface area is 140 Å². The fraction of sp³-hybridized carbons (Fsp3) is 0.400. The topological polar surface area (TPSA) is 59.8 Å². The minimum Gasteiger partial charge on any atom is -0.352 e. The number of imidazole rings is 1. The van der Waals surface area contributed by atoms with Gasteiger partial charge in [-0.25, -0.2) is 4.98 Å². The summed E-state index contributed by atoms with van der Waals surface area (Å²) in [6.07, 6.45) is 0.561. The minimum atomic E-state index is -4.44. The van der Waals surface area contributed by atoms with E-state index in [1.165, 1.54) is 23.0 Å². The fourth-order valence-corrected chi connectivity index (χ4v) is 2.91. The number of alkyl halides is 3.